The van der Waals surface area contributed by atoms with Gasteiger partial charge in [0.05, 0.1) is 21.9 Å². The van der Waals surface area contributed by atoms with Gasteiger partial charge in [0.1, 0.15) is 11.2 Å². The molecule has 0 saturated carbocycles. The smallest absolute Gasteiger partial charge is 0.333 e. The molecule has 0 saturated heterocycles. The van der Waals surface area contributed by atoms with Gasteiger partial charge >= 0.3 is 6.85 Å². The summed E-state index contributed by atoms with van der Waals surface area (Å²) in [6, 6.07) is 54.7. The zero-order chi connectivity index (χ0) is 36.4. The second kappa shape index (κ2) is 10.3. The number of furan rings is 1. The van der Waals surface area contributed by atoms with Crippen LogP contribution in [0, 0.1) is 0 Å². The molecule has 6 heterocycles. The highest BCUT2D eigenvalue weighted by molar-refractivity contribution is 6.91. The van der Waals surface area contributed by atoms with Crippen molar-refractivity contribution in [3.05, 3.63) is 151 Å². The highest BCUT2D eigenvalue weighted by Gasteiger charge is 2.44. The molecule has 0 atom stereocenters. The average molecular weight is 713 g/mol. The second-order valence-electron chi connectivity index (χ2n) is 16.2. The number of aryl methyl sites for hydroxylation is 1. The van der Waals surface area contributed by atoms with Gasteiger partial charge in [-0.3, -0.25) is 0 Å². The Hall–Kier alpha value is -6.78. The first-order valence-electron chi connectivity index (χ1n) is 20.1. The third kappa shape index (κ3) is 3.44. The van der Waals surface area contributed by atoms with E-state index in [2.05, 4.69) is 161 Å². The topological polar surface area (TPSA) is 22.5 Å². The molecule has 0 unspecified atom stereocenters. The van der Waals surface area contributed by atoms with Gasteiger partial charge in [0.15, 0.2) is 0 Å². The van der Waals surface area contributed by atoms with Crippen molar-refractivity contribution in [2.45, 2.75) is 26.2 Å². The maximum absolute atomic E-state index is 7.12. The minimum Gasteiger partial charge on any atom is -0.455 e. The molecular formula is C52H33BN2O. The molecular weight excluding hydrogens is 679 g/mol. The van der Waals surface area contributed by atoms with Gasteiger partial charge in [0.2, 0.25) is 0 Å². The first-order chi connectivity index (χ1) is 27.8. The molecule has 0 bridgehead atoms. The Morgan fingerprint density at radius 3 is 2.05 bits per heavy atom. The lowest BCUT2D eigenvalue weighted by Crippen LogP contribution is -2.54. The fraction of sp³-hybridized carbons (Fsp3) is 0.0769. The van der Waals surface area contributed by atoms with Gasteiger partial charge in [-0.25, -0.2) is 0 Å². The van der Waals surface area contributed by atoms with Gasteiger partial charge in [-0.05, 0) is 93.5 Å². The Labute approximate surface area is 322 Å². The Kier molecular flexibility index (Phi) is 5.43. The SMILES string of the molecule is CCCCc1ccc2c(c1)c1cccc3c1n2B1c2cc(-c4ccccc4)cc4c5cc(-c6ccccc6)cc6c7c8oc9ccccc9c8c-3c1c7n(c24)c56. The molecule has 3 nitrogen and oxygen atoms in total. The molecule has 0 radical (unpaired) electrons. The van der Waals surface area contributed by atoms with Crippen LogP contribution >= 0.6 is 0 Å². The number of aromatic nitrogens is 2. The molecule has 0 spiro atoms. The molecule has 4 aromatic heterocycles. The molecule has 2 aliphatic heterocycles. The van der Waals surface area contributed by atoms with Gasteiger partial charge in [0, 0.05) is 54.3 Å². The van der Waals surface area contributed by atoms with Crippen molar-refractivity contribution in [3.8, 4) is 33.4 Å². The summed E-state index contributed by atoms with van der Waals surface area (Å²) in [6.07, 6.45) is 3.49. The fourth-order valence-corrected chi connectivity index (χ4v) is 11.1. The van der Waals surface area contributed by atoms with Crippen molar-refractivity contribution in [2.75, 3.05) is 0 Å². The van der Waals surface area contributed by atoms with Crippen LogP contribution in [0.1, 0.15) is 25.3 Å². The van der Waals surface area contributed by atoms with E-state index in [9.17, 15) is 0 Å². The van der Waals surface area contributed by atoms with E-state index < -0.39 is 0 Å². The highest BCUT2D eigenvalue weighted by Crippen LogP contribution is 2.52. The number of para-hydroxylation sites is 2. The standard InChI is InChI=1S/C52H33BN2O/c1-2-3-13-29-22-23-42-37(24-29)34-19-12-20-36-44-45-35-18-10-11-21-43(35)56-52(45)46-40-27-32(30-14-6-4-7-15-30)25-38-39-26-33(31-16-8-5-9-17-31)28-41-50(39)54(48(38)40)51(46)47(44)53(41)55(42)49(34)36/h4-12,14-28H,2-3,13H2,1H3. The highest BCUT2D eigenvalue weighted by atomic mass is 16.3. The van der Waals surface area contributed by atoms with E-state index >= 15 is 0 Å². The van der Waals surface area contributed by atoms with Crippen molar-refractivity contribution in [1.82, 2.24) is 8.88 Å². The molecule has 0 fully saturated rings. The van der Waals surface area contributed by atoms with E-state index in [-0.39, 0.29) is 6.85 Å². The van der Waals surface area contributed by atoms with Crippen LogP contribution in [-0.2, 0) is 6.42 Å². The lowest BCUT2D eigenvalue weighted by atomic mass is 9.45. The molecule has 12 aromatic rings. The molecule has 260 valence electrons. The van der Waals surface area contributed by atoms with Crippen LogP contribution in [0.5, 0.6) is 0 Å². The minimum absolute atomic E-state index is 0.0289. The predicted molar refractivity (Wildman–Crippen MR) is 237 cm³/mol. The Morgan fingerprint density at radius 2 is 1.25 bits per heavy atom. The molecule has 8 aromatic carbocycles. The van der Waals surface area contributed by atoms with Crippen molar-refractivity contribution in [1.29, 1.82) is 0 Å². The summed E-state index contributed by atoms with van der Waals surface area (Å²) in [6.45, 7) is 2.26. The maximum atomic E-state index is 7.12. The van der Waals surface area contributed by atoms with E-state index in [4.69, 9.17) is 4.42 Å². The zero-order valence-corrected chi connectivity index (χ0v) is 30.9. The number of unbranched alkanes of at least 4 members (excludes halogenated alkanes) is 1. The van der Waals surface area contributed by atoms with Crippen LogP contribution < -0.4 is 10.9 Å². The fourth-order valence-electron chi connectivity index (χ4n) is 11.1. The van der Waals surface area contributed by atoms with Crippen molar-refractivity contribution < 1.29 is 4.42 Å². The van der Waals surface area contributed by atoms with Crippen molar-refractivity contribution in [2.24, 2.45) is 0 Å². The normalized spacial score (nSPS) is 13.3. The molecule has 0 aliphatic carbocycles. The van der Waals surface area contributed by atoms with Crippen LogP contribution in [0.15, 0.2) is 150 Å². The predicted octanol–water partition coefficient (Wildman–Crippen LogP) is 12.5. The molecule has 2 aliphatic rings. The summed E-state index contributed by atoms with van der Waals surface area (Å²) in [5, 5.41) is 10.2. The molecule has 0 N–H and O–H groups in total. The first-order valence-corrected chi connectivity index (χ1v) is 20.1. The number of nitrogens with zero attached hydrogens (tertiary/aromatic N) is 2. The van der Waals surface area contributed by atoms with Crippen LogP contribution in [-0.4, -0.2) is 15.7 Å². The largest absolute Gasteiger partial charge is 0.455 e. The number of benzene rings is 8. The van der Waals surface area contributed by atoms with Crippen molar-refractivity contribution in [3.63, 3.8) is 0 Å². The van der Waals surface area contributed by atoms with Gasteiger partial charge in [-0.2, -0.15) is 0 Å². The van der Waals surface area contributed by atoms with Crippen LogP contribution in [0.2, 0.25) is 0 Å². The average Bonchev–Trinajstić information content (AvgIpc) is 4.00. The molecule has 14 rings (SSSR count). The molecule has 56 heavy (non-hydrogen) atoms. The number of fused-ring (bicyclic) bond motifs is 13. The summed E-state index contributed by atoms with van der Waals surface area (Å²) < 4.78 is 12.5. The third-order valence-corrected chi connectivity index (χ3v) is 13.3. The van der Waals surface area contributed by atoms with E-state index in [0.29, 0.717) is 0 Å². The van der Waals surface area contributed by atoms with E-state index in [1.165, 1.54) is 133 Å². The minimum atomic E-state index is -0.0289. The summed E-state index contributed by atoms with van der Waals surface area (Å²) in [5.41, 5.74) is 20.2. The van der Waals surface area contributed by atoms with Gasteiger partial charge < -0.3 is 13.3 Å². The third-order valence-electron chi connectivity index (χ3n) is 13.3. The summed E-state index contributed by atoms with van der Waals surface area (Å²) in [4.78, 5) is 0. The Balaban J connectivity index is 1.26. The summed E-state index contributed by atoms with van der Waals surface area (Å²) >= 11 is 0. The Bertz CT molecular complexity index is 3680. The van der Waals surface area contributed by atoms with Crippen molar-refractivity contribution >= 4 is 99.6 Å². The van der Waals surface area contributed by atoms with Gasteiger partial charge in [0.25, 0.3) is 0 Å². The monoisotopic (exact) mass is 712 g/mol. The quantitative estimate of drug-likeness (QED) is 0.163. The van der Waals surface area contributed by atoms with Gasteiger partial charge in [-0.15, -0.1) is 0 Å². The summed E-state index contributed by atoms with van der Waals surface area (Å²) in [7, 11) is 0. The zero-order valence-electron chi connectivity index (χ0n) is 30.9. The first kappa shape index (κ1) is 29.6. The van der Waals surface area contributed by atoms with Gasteiger partial charge in [-0.1, -0.05) is 123 Å². The van der Waals surface area contributed by atoms with Crippen LogP contribution in [0.4, 0.5) is 0 Å². The molecule has 4 heteroatoms. The van der Waals surface area contributed by atoms with E-state index in [1.54, 1.807) is 0 Å². The Morgan fingerprint density at radius 1 is 0.536 bits per heavy atom. The lowest BCUT2D eigenvalue weighted by Gasteiger charge is -2.32. The number of hydrogen-bond acceptors (Lipinski definition) is 1. The van der Waals surface area contributed by atoms with E-state index in [1.807, 2.05) is 0 Å². The lowest BCUT2D eigenvalue weighted by molar-refractivity contribution is 0.673. The maximum Gasteiger partial charge on any atom is 0.333 e. The summed E-state index contributed by atoms with van der Waals surface area (Å²) in [5.74, 6) is 0. The van der Waals surface area contributed by atoms with Crippen LogP contribution in [0.25, 0.3) is 115 Å². The van der Waals surface area contributed by atoms with E-state index in [0.717, 1.165) is 17.6 Å². The number of rotatable bonds is 5. The van der Waals surface area contributed by atoms with Crippen LogP contribution in [0.3, 0.4) is 0 Å². The molecule has 0 amide bonds. The second-order valence-corrected chi connectivity index (χ2v) is 16.2. The number of hydrogen-bond donors (Lipinski definition) is 0.